The lowest BCUT2D eigenvalue weighted by molar-refractivity contribution is -0.153. The third-order valence-electron chi connectivity index (χ3n) is 2.89. The van der Waals surface area contributed by atoms with Crippen LogP contribution in [0.25, 0.3) is 0 Å². The van der Waals surface area contributed by atoms with E-state index in [4.69, 9.17) is 4.74 Å². The Balaban J connectivity index is 2.61. The summed E-state index contributed by atoms with van der Waals surface area (Å²) in [4.78, 5) is 4.42. The molecule has 130 valence electrons. The number of hydrogen-bond donors (Lipinski definition) is 2. The molecule has 0 bridgehead atoms. The first-order valence-corrected chi connectivity index (χ1v) is 7.75. The normalized spacial score (nSPS) is 12.1. The molecule has 1 aromatic carbocycles. The smallest absolute Gasteiger partial charge is 0.422 e. The molecular formula is C16H24F3N3O. The zero-order valence-electron chi connectivity index (χ0n) is 13.5. The maximum Gasteiger partial charge on any atom is 0.422 e. The number of nitrogens with one attached hydrogen (secondary N) is 2. The molecule has 0 radical (unpaired) electrons. The Morgan fingerprint density at radius 2 is 2.00 bits per heavy atom. The van der Waals surface area contributed by atoms with Gasteiger partial charge >= 0.3 is 6.18 Å². The number of halogens is 3. The van der Waals surface area contributed by atoms with Gasteiger partial charge in [0.15, 0.2) is 12.6 Å². The lowest BCUT2D eigenvalue weighted by Gasteiger charge is -2.11. The zero-order chi connectivity index (χ0) is 17.1. The largest absolute Gasteiger partial charge is 0.484 e. The van der Waals surface area contributed by atoms with E-state index in [0.717, 1.165) is 31.5 Å². The standard InChI is InChI=1S/C16H24F3N3O/c1-3-5-9-21-15(20-4-2)22-11-13-7-6-8-14(10-13)23-12-16(17,18)19/h6-8,10H,3-5,9,11-12H2,1-2H3,(H2,20,21,22). The lowest BCUT2D eigenvalue weighted by atomic mass is 10.2. The van der Waals surface area contributed by atoms with E-state index in [2.05, 4.69) is 22.5 Å². The molecule has 0 aliphatic rings. The van der Waals surface area contributed by atoms with Gasteiger partial charge in [0.05, 0.1) is 6.54 Å². The van der Waals surface area contributed by atoms with Crippen molar-refractivity contribution in [1.82, 2.24) is 10.6 Å². The topological polar surface area (TPSA) is 45.7 Å². The average molecular weight is 331 g/mol. The molecule has 0 saturated carbocycles. The fourth-order valence-electron chi connectivity index (χ4n) is 1.79. The number of benzene rings is 1. The Morgan fingerprint density at radius 1 is 1.22 bits per heavy atom. The van der Waals surface area contributed by atoms with Crippen LogP contribution < -0.4 is 15.4 Å². The van der Waals surface area contributed by atoms with E-state index in [9.17, 15) is 13.2 Å². The summed E-state index contributed by atoms with van der Waals surface area (Å²) in [7, 11) is 0. The second-order valence-corrected chi connectivity index (χ2v) is 5.03. The molecule has 0 unspecified atom stereocenters. The monoisotopic (exact) mass is 331 g/mol. The Hall–Kier alpha value is -1.92. The van der Waals surface area contributed by atoms with E-state index in [1.807, 2.05) is 6.92 Å². The van der Waals surface area contributed by atoms with Crippen LogP contribution in [0.1, 0.15) is 32.3 Å². The van der Waals surface area contributed by atoms with Crippen molar-refractivity contribution in [1.29, 1.82) is 0 Å². The van der Waals surface area contributed by atoms with Gasteiger partial charge in [0.25, 0.3) is 0 Å². The highest BCUT2D eigenvalue weighted by molar-refractivity contribution is 5.79. The van der Waals surface area contributed by atoms with Crippen LogP contribution in [0.15, 0.2) is 29.3 Å². The summed E-state index contributed by atoms with van der Waals surface area (Å²) in [6.45, 7) is 4.73. The molecule has 4 nitrogen and oxygen atoms in total. The van der Waals surface area contributed by atoms with Crippen molar-refractivity contribution in [2.75, 3.05) is 19.7 Å². The first kappa shape index (κ1) is 19.1. The molecule has 23 heavy (non-hydrogen) atoms. The summed E-state index contributed by atoms with van der Waals surface area (Å²) in [5.74, 6) is 0.890. The van der Waals surface area contributed by atoms with Crippen LogP contribution in [-0.2, 0) is 6.54 Å². The summed E-state index contributed by atoms with van der Waals surface area (Å²) in [6.07, 6.45) is -2.20. The average Bonchev–Trinajstić information content (AvgIpc) is 2.50. The van der Waals surface area contributed by atoms with Gasteiger partial charge in [0.1, 0.15) is 5.75 Å². The SMILES string of the molecule is CCCCNC(=NCc1cccc(OCC(F)(F)F)c1)NCC. The Morgan fingerprint density at radius 3 is 2.65 bits per heavy atom. The van der Waals surface area contributed by atoms with Gasteiger partial charge in [-0.3, -0.25) is 0 Å². The number of ether oxygens (including phenoxy) is 1. The molecular weight excluding hydrogens is 307 g/mol. The summed E-state index contributed by atoms with van der Waals surface area (Å²) in [5, 5.41) is 6.34. The molecule has 0 aliphatic heterocycles. The van der Waals surface area contributed by atoms with E-state index in [1.54, 1.807) is 18.2 Å². The number of guanidine groups is 1. The minimum Gasteiger partial charge on any atom is -0.484 e. The fraction of sp³-hybridized carbons (Fsp3) is 0.562. The Labute approximate surface area is 135 Å². The van der Waals surface area contributed by atoms with Crippen molar-refractivity contribution in [3.63, 3.8) is 0 Å². The molecule has 0 atom stereocenters. The van der Waals surface area contributed by atoms with Gasteiger partial charge in [-0.2, -0.15) is 13.2 Å². The highest BCUT2D eigenvalue weighted by atomic mass is 19.4. The van der Waals surface area contributed by atoms with Gasteiger partial charge in [-0.25, -0.2) is 4.99 Å². The van der Waals surface area contributed by atoms with Crippen molar-refractivity contribution in [2.24, 2.45) is 4.99 Å². The van der Waals surface area contributed by atoms with Crippen LogP contribution in [0.4, 0.5) is 13.2 Å². The number of hydrogen-bond acceptors (Lipinski definition) is 2. The van der Waals surface area contributed by atoms with Crippen LogP contribution in [0.5, 0.6) is 5.75 Å². The van der Waals surface area contributed by atoms with E-state index >= 15 is 0 Å². The molecule has 0 saturated heterocycles. The minimum atomic E-state index is -4.34. The Kier molecular flexibility index (Phi) is 8.29. The van der Waals surface area contributed by atoms with Crippen molar-refractivity contribution < 1.29 is 17.9 Å². The number of unbranched alkanes of at least 4 members (excludes halogenated alkanes) is 1. The first-order valence-electron chi connectivity index (χ1n) is 7.75. The third kappa shape index (κ3) is 8.95. The number of alkyl halides is 3. The number of nitrogens with zero attached hydrogens (tertiary/aromatic N) is 1. The van der Waals surface area contributed by atoms with E-state index < -0.39 is 12.8 Å². The van der Waals surface area contributed by atoms with Gasteiger partial charge in [0, 0.05) is 13.1 Å². The molecule has 0 heterocycles. The molecule has 0 fully saturated rings. The van der Waals surface area contributed by atoms with Crippen LogP contribution in [-0.4, -0.2) is 31.8 Å². The molecule has 0 aliphatic carbocycles. The van der Waals surface area contributed by atoms with Crippen molar-refractivity contribution >= 4 is 5.96 Å². The van der Waals surface area contributed by atoms with Gasteiger partial charge in [-0.1, -0.05) is 25.5 Å². The quantitative estimate of drug-likeness (QED) is 0.435. The highest BCUT2D eigenvalue weighted by Gasteiger charge is 2.28. The lowest BCUT2D eigenvalue weighted by Crippen LogP contribution is -2.37. The van der Waals surface area contributed by atoms with Crippen LogP contribution in [0.2, 0.25) is 0 Å². The predicted octanol–water partition coefficient (Wildman–Crippen LogP) is 3.48. The van der Waals surface area contributed by atoms with E-state index in [1.165, 1.54) is 6.07 Å². The summed E-state index contributed by atoms with van der Waals surface area (Å²) >= 11 is 0. The molecule has 0 aromatic heterocycles. The molecule has 0 amide bonds. The third-order valence-corrected chi connectivity index (χ3v) is 2.89. The van der Waals surface area contributed by atoms with Crippen LogP contribution in [0.3, 0.4) is 0 Å². The molecule has 0 spiro atoms. The summed E-state index contributed by atoms with van der Waals surface area (Å²) < 4.78 is 41.2. The molecule has 7 heteroatoms. The van der Waals surface area contributed by atoms with E-state index in [0.29, 0.717) is 12.5 Å². The molecule has 1 aromatic rings. The van der Waals surface area contributed by atoms with Gasteiger partial charge < -0.3 is 15.4 Å². The predicted molar refractivity (Wildman–Crippen MR) is 85.7 cm³/mol. The van der Waals surface area contributed by atoms with Crippen LogP contribution in [0, 0.1) is 0 Å². The maximum absolute atomic E-state index is 12.2. The summed E-state index contributed by atoms with van der Waals surface area (Å²) in [6, 6.07) is 6.54. The molecule has 2 N–H and O–H groups in total. The number of rotatable bonds is 8. The number of aliphatic imine (C=N–C) groups is 1. The summed E-state index contributed by atoms with van der Waals surface area (Å²) in [5.41, 5.74) is 0.789. The maximum atomic E-state index is 12.2. The minimum absolute atomic E-state index is 0.193. The van der Waals surface area contributed by atoms with E-state index in [-0.39, 0.29) is 5.75 Å². The van der Waals surface area contributed by atoms with Crippen molar-refractivity contribution in [2.45, 2.75) is 39.4 Å². The van der Waals surface area contributed by atoms with Gasteiger partial charge in [-0.15, -0.1) is 0 Å². The Bertz CT molecular complexity index is 490. The van der Waals surface area contributed by atoms with Gasteiger partial charge in [-0.05, 0) is 31.0 Å². The second kappa shape index (κ2) is 9.97. The first-order chi connectivity index (χ1) is 10.9. The highest BCUT2D eigenvalue weighted by Crippen LogP contribution is 2.19. The fourth-order valence-corrected chi connectivity index (χ4v) is 1.79. The van der Waals surface area contributed by atoms with Crippen molar-refractivity contribution in [3.8, 4) is 5.75 Å². The molecule has 1 rings (SSSR count). The van der Waals surface area contributed by atoms with Gasteiger partial charge in [0.2, 0.25) is 0 Å². The van der Waals surface area contributed by atoms with Crippen molar-refractivity contribution in [3.05, 3.63) is 29.8 Å². The van der Waals surface area contributed by atoms with Crippen LogP contribution >= 0.6 is 0 Å². The zero-order valence-corrected chi connectivity index (χ0v) is 13.5. The second-order valence-electron chi connectivity index (χ2n) is 5.03.